The summed E-state index contributed by atoms with van der Waals surface area (Å²) in [6, 6.07) is 0.499. The van der Waals surface area contributed by atoms with Crippen LogP contribution in [0.15, 0.2) is 12.7 Å². The van der Waals surface area contributed by atoms with Gasteiger partial charge in [-0.05, 0) is 25.7 Å². The largest absolute Gasteiger partial charge is 0.355 e. The number of piperidine rings is 1. The first kappa shape index (κ1) is 16.6. The minimum atomic E-state index is 0.499. The van der Waals surface area contributed by atoms with Crippen molar-refractivity contribution in [2.24, 2.45) is 0 Å². The standard InChI is InChI=1S/C18H25N9/c1-2-4-14-24-25-15(27(14)7-3-1)10-19-13-5-8-26(9-6-13)18-16-17(21-11-20-16)22-12-23-18/h11-13,19H,1-10H2,(H,20,21,22,23). The molecule has 27 heavy (non-hydrogen) atoms. The second kappa shape index (κ2) is 7.22. The lowest BCUT2D eigenvalue weighted by molar-refractivity contribution is 0.404. The monoisotopic (exact) mass is 367 g/mol. The number of fused-ring (bicyclic) bond motifs is 2. The molecule has 0 bridgehead atoms. The number of hydrogen-bond acceptors (Lipinski definition) is 7. The molecule has 0 saturated carbocycles. The molecule has 5 rings (SSSR count). The Kier molecular flexibility index (Phi) is 4.44. The highest BCUT2D eigenvalue weighted by Gasteiger charge is 2.23. The first-order valence-corrected chi connectivity index (χ1v) is 9.92. The molecule has 0 spiro atoms. The van der Waals surface area contributed by atoms with Crippen LogP contribution in [0.5, 0.6) is 0 Å². The lowest BCUT2D eigenvalue weighted by Gasteiger charge is -2.33. The van der Waals surface area contributed by atoms with Gasteiger partial charge in [-0.3, -0.25) is 0 Å². The summed E-state index contributed by atoms with van der Waals surface area (Å²) in [5.74, 6) is 3.20. The van der Waals surface area contributed by atoms with Crippen LogP contribution in [0.4, 0.5) is 5.82 Å². The van der Waals surface area contributed by atoms with Crippen molar-refractivity contribution in [1.29, 1.82) is 0 Å². The maximum Gasteiger partial charge on any atom is 0.182 e. The van der Waals surface area contributed by atoms with Crippen LogP contribution >= 0.6 is 0 Å². The summed E-state index contributed by atoms with van der Waals surface area (Å²) in [6.07, 6.45) is 10.3. The average Bonchev–Trinajstić information content (AvgIpc) is 3.27. The van der Waals surface area contributed by atoms with Crippen molar-refractivity contribution in [2.75, 3.05) is 18.0 Å². The van der Waals surface area contributed by atoms with Crippen molar-refractivity contribution in [1.82, 2.24) is 40.0 Å². The van der Waals surface area contributed by atoms with Gasteiger partial charge >= 0.3 is 0 Å². The molecule has 9 nitrogen and oxygen atoms in total. The van der Waals surface area contributed by atoms with Crippen LogP contribution in [-0.2, 0) is 19.5 Å². The minimum Gasteiger partial charge on any atom is -0.355 e. The van der Waals surface area contributed by atoms with Crippen LogP contribution in [0.2, 0.25) is 0 Å². The Morgan fingerprint density at radius 1 is 1.04 bits per heavy atom. The van der Waals surface area contributed by atoms with E-state index in [1.54, 1.807) is 12.7 Å². The minimum absolute atomic E-state index is 0.499. The second-order valence-corrected chi connectivity index (χ2v) is 7.44. The molecular formula is C18H25N9. The van der Waals surface area contributed by atoms with E-state index >= 15 is 0 Å². The SMILES string of the molecule is c1nc(N2CCC(NCc3nnc4n3CCCCC4)CC2)c2[nH]cnc2n1. The van der Waals surface area contributed by atoms with Gasteiger partial charge in [0.1, 0.15) is 23.5 Å². The third kappa shape index (κ3) is 3.27. The van der Waals surface area contributed by atoms with Gasteiger partial charge in [0.25, 0.3) is 0 Å². The number of hydrogen-bond donors (Lipinski definition) is 2. The molecule has 0 aliphatic carbocycles. The predicted octanol–water partition coefficient (Wildman–Crippen LogP) is 1.43. The summed E-state index contributed by atoms with van der Waals surface area (Å²) < 4.78 is 2.32. The average molecular weight is 367 g/mol. The maximum atomic E-state index is 4.47. The fraction of sp³-hybridized carbons (Fsp3) is 0.611. The van der Waals surface area contributed by atoms with Crippen LogP contribution in [0, 0.1) is 0 Å². The van der Waals surface area contributed by atoms with Gasteiger partial charge in [-0.15, -0.1) is 10.2 Å². The van der Waals surface area contributed by atoms with Crippen LogP contribution in [0.1, 0.15) is 43.8 Å². The first-order chi connectivity index (χ1) is 13.4. The molecule has 5 heterocycles. The Morgan fingerprint density at radius 2 is 1.96 bits per heavy atom. The highest BCUT2D eigenvalue weighted by Crippen LogP contribution is 2.23. The fourth-order valence-corrected chi connectivity index (χ4v) is 4.20. The number of nitrogens with one attached hydrogen (secondary N) is 2. The topological polar surface area (TPSA) is 100 Å². The first-order valence-electron chi connectivity index (χ1n) is 9.92. The Hall–Kier alpha value is -2.55. The summed E-state index contributed by atoms with van der Waals surface area (Å²) in [7, 11) is 0. The number of anilines is 1. The van der Waals surface area contributed by atoms with Crippen LogP contribution in [0.3, 0.4) is 0 Å². The normalized spacial score (nSPS) is 18.6. The van der Waals surface area contributed by atoms with Crippen molar-refractivity contribution in [3.8, 4) is 0 Å². The molecule has 0 unspecified atom stereocenters. The van der Waals surface area contributed by atoms with Gasteiger partial charge in [0.2, 0.25) is 0 Å². The molecule has 2 aliphatic heterocycles. The molecule has 2 aliphatic rings. The van der Waals surface area contributed by atoms with Crippen molar-refractivity contribution in [3.05, 3.63) is 24.3 Å². The molecule has 0 amide bonds. The van der Waals surface area contributed by atoms with E-state index in [2.05, 4.69) is 44.9 Å². The third-order valence-electron chi connectivity index (χ3n) is 5.73. The van der Waals surface area contributed by atoms with Gasteiger partial charge in [0.15, 0.2) is 11.5 Å². The highest BCUT2D eigenvalue weighted by molar-refractivity contribution is 5.82. The quantitative estimate of drug-likeness (QED) is 0.719. The Balaban J connectivity index is 1.19. The summed E-state index contributed by atoms with van der Waals surface area (Å²) >= 11 is 0. The van der Waals surface area contributed by atoms with E-state index in [0.29, 0.717) is 6.04 Å². The fourth-order valence-electron chi connectivity index (χ4n) is 4.20. The molecule has 1 fully saturated rings. The predicted molar refractivity (Wildman–Crippen MR) is 101 cm³/mol. The molecule has 0 radical (unpaired) electrons. The molecule has 2 N–H and O–H groups in total. The van der Waals surface area contributed by atoms with E-state index in [-0.39, 0.29) is 0 Å². The molecule has 9 heteroatoms. The van der Waals surface area contributed by atoms with Gasteiger partial charge in [-0.1, -0.05) is 6.42 Å². The van der Waals surface area contributed by atoms with E-state index in [1.165, 1.54) is 19.3 Å². The maximum absolute atomic E-state index is 4.47. The van der Waals surface area contributed by atoms with Crippen molar-refractivity contribution in [3.63, 3.8) is 0 Å². The highest BCUT2D eigenvalue weighted by atomic mass is 15.3. The molecule has 0 aromatic carbocycles. The van der Waals surface area contributed by atoms with Crippen LogP contribution in [-0.4, -0.2) is 53.8 Å². The van der Waals surface area contributed by atoms with Gasteiger partial charge < -0.3 is 19.8 Å². The molecule has 142 valence electrons. The lowest BCUT2D eigenvalue weighted by atomic mass is 10.0. The van der Waals surface area contributed by atoms with E-state index in [9.17, 15) is 0 Å². The Labute approximate surface area is 157 Å². The van der Waals surface area contributed by atoms with E-state index in [1.807, 2.05) is 0 Å². The van der Waals surface area contributed by atoms with E-state index in [0.717, 1.165) is 74.1 Å². The number of imidazole rings is 1. The van der Waals surface area contributed by atoms with Crippen molar-refractivity contribution >= 4 is 17.0 Å². The van der Waals surface area contributed by atoms with Gasteiger partial charge in [-0.25, -0.2) is 15.0 Å². The number of aryl methyl sites for hydroxylation is 1. The van der Waals surface area contributed by atoms with Gasteiger partial charge in [-0.2, -0.15) is 0 Å². The second-order valence-electron chi connectivity index (χ2n) is 7.44. The number of rotatable bonds is 4. The van der Waals surface area contributed by atoms with E-state index in [4.69, 9.17) is 0 Å². The number of H-pyrrole nitrogens is 1. The van der Waals surface area contributed by atoms with Gasteiger partial charge in [0.05, 0.1) is 12.9 Å². The summed E-state index contributed by atoms with van der Waals surface area (Å²) in [4.78, 5) is 18.4. The van der Waals surface area contributed by atoms with Crippen LogP contribution in [0.25, 0.3) is 11.2 Å². The Bertz CT molecular complexity index is 907. The third-order valence-corrected chi connectivity index (χ3v) is 5.73. The molecule has 1 saturated heterocycles. The number of aromatic nitrogens is 7. The van der Waals surface area contributed by atoms with Gasteiger partial charge in [0, 0.05) is 32.1 Å². The smallest absolute Gasteiger partial charge is 0.182 e. The summed E-state index contributed by atoms with van der Waals surface area (Å²) in [6.45, 7) is 3.81. The van der Waals surface area contributed by atoms with Crippen LogP contribution < -0.4 is 10.2 Å². The number of aromatic amines is 1. The molecular weight excluding hydrogens is 342 g/mol. The zero-order valence-corrected chi connectivity index (χ0v) is 15.4. The molecule has 0 atom stereocenters. The summed E-state index contributed by atoms with van der Waals surface area (Å²) in [5, 5.41) is 12.5. The van der Waals surface area contributed by atoms with Crippen molar-refractivity contribution in [2.45, 2.75) is 57.7 Å². The van der Waals surface area contributed by atoms with E-state index < -0.39 is 0 Å². The lowest BCUT2D eigenvalue weighted by Crippen LogP contribution is -2.43. The Morgan fingerprint density at radius 3 is 2.89 bits per heavy atom. The zero-order valence-electron chi connectivity index (χ0n) is 15.4. The molecule has 3 aromatic heterocycles. The molecule has 3 aromatic rings. The zero-order chi connectivity index (χ0) is 18.1. The summed E-state index contributed by atoms with van der Waals surface area (Å²) in [5.41, 5.74) is 1.66. The number of nitrogens with zero attached hydrogens (tertiary/aromatic N) is 7. The van der Waals surface area contributed by atoms with Crippen molar-refractivity contribution < 1.29 is 0 Å².